The largest absolute Gasteiger partial charge is 0.495 e. The number of methoxy groups -OCH3 is 2. The molecule has 2 aromatic carbocycles. The number of ether oxygens (including phenoxy) is 2. The van der Waals surface area contributed by atoms with Crippen molar-refractivity contribution in [1.82, 2.24) is 0 Å². The van der Waals surface area contributed by atoms with E-state index in [4.69, 9.17) is 21.1 Å². The van der Waals surface area contributed by atoms with Gasteiger partial charge in [0.2, 0.25) is 11.8 Å². The number of hydrogen-bond donors (Lipinski definition) is 2. The Hall–Kier alpha value is -2.38. The molecular formula is C20H23ClN2O4S. The summed E-state index contributed by atoms with van der Waals surface area (Å²) in [4.78, 5) is 24.7. The van der Waals surface area contributed by atoms with Crippen molar-refractivity contribution < 1.29 is 19.1 Å². The van der Waals surface area contributed by atoms with Crippen molar-refractivity contribution in [3.05, 3.63) is 47.0 Å². The maximum Gasteiger partial charge on any atom is 0.237 e. The molecule has 0 saturated heterocycles. The highest BCUT2D eigenvalue weighted by molar-refractivity contribution is 8.01. The molecule has 0 saturated carbocycles. The molecule has 8 heteroatoms. The fourth-order valence-electron chi connectivity index (χ4n) is 2.37. The van der Waals surface area contributed by atoms with Gasteiger partial charge in [0.15, 0.2) is 0 Å². The van der Waals surface area contributed by atoms with Gasteiger partial charge in [-0.1, -0.05) is 23.7 Å². The topological polar surface area (TPSA) is 76.7 Å². The summed E-state index contributed by atoms with van der Waals surface area (Å²) in [6.07, 6.45) is 0. The minimum atomic E-state index is -0.426. The second-order valence-electron chi connectivity index (χ2n) is 5.99. The summed E-state index contributed by atoms with van der Waals surface area (Å²) in [6, 6.07) is 10.6. The van der Waals surface area contributed by atoms with Gasteiger partial charge >= 0.3 is 0 Å². The summed E-state index contributed by atoms with van der Waals surface area (Å²) in [5, 5.41) is 5.75. The lowest BCUT2D eigenvalue weighted by molar-refractivity contribution is -0.115. The Morgan fingerprint density at radius 1 is 1.07 bits per heavy atom. The van der Waals surface area contributed by atoms with Crippen LogP contribution in [0.4, 0.5) is 11.4 Å². The van der Waals surface area contributed by atoms with Crippen molar-refractivity contribution >= 4 is 46.6 Å². The van der Waals surface area contributed by atoms with Gasteiger partial charge in [0.25, 0.3) is 0 Å². The zero-order valence-electron chi connectivity index (χ0n) is 16.2. The Balaban J connectivity index is 1.92. The third kappa shape index (κ3) is 5.81. The first kappa shape index (κ1) is 21.9. The van der Waals surface area contributed by atoms with E-state index < -0.39 is 5.25 Å². The summed E-state index contributed by atoms with van der Waals surface area (Å²) >= 11 is 7.31. The molecule has 2 rings (SSSR count). The van der Waals surface area contributed by atoms with Crippen molar-refractivity contribution in [3.63, 3.8) is 0 Å². The minimum absolute atomic E-state index is 0.116. The molecule has 1 unspecified atom stereocenters. The number of nitrogens with one attached hydrogen (secondary N) is 2. The molecule has 0 spiro atoms. The average molecular weight is 423 g/mol. The summed E-state index contributed by atoms with van der Waals surface area (Å²) in [5.74, 6) is 0.738. The Labute approximate surface area is 173 Å². The minimum Gasteiger partial charge on any atom is -0.495 e. The summed E-state index contributed by atoms with van der Waals surface area (Å²) in [6.45, 7) is 3.59. The van der Waals surface area contributed by atoms with E-state index >= 15 is 0 Å². The average Bonchev–Trinajstić information content (AvgIpc) is 2.69. The Kier molecular flexibility index (Phi) is 8.02. The molecule has 0 aliphatic heterocycles. The molecule has 6 nitrogen and oxygen atoms in total. The van der Waals surface area contributed by atoms with Gasteiger partial charge in [0, 0.05) is 11.1 Å². The van der Waals surface area contributed by atoms with Gasteiger partial charge in [0.1, 0.15) is 11.5 Å². The number of aryl methyl sites for hydroxylation is 1. The fourth-order valence-corrected chi connectivity index (χ4v) is 3.21. The molecule has 150 valence electrons. The van der Waals surface area contributed by atoms with Crippen molar-refractivity contribution in [2.75, 3.05) is 30.6 Å². The Morgan fingerprint density at radius 3 is 2.43 bits per heavy atom. The zero-order valence-corrected chi connectivity index (χ0v) is 17.7. The number of halogens is 1. The van der Waals surface area contributed by atoms with Gasteiger partial charge < -0.3 is 20.1 Å². The summed E-state index contributed by atoms with van der Waals surface area (Å²) in [5.41, 5.74) is 1.96. The lowest BCUT2D eigenvalue weighted by atomic mass is 10.2. The number of benzene rings is 2. The molecule has 0 radical (unpaired) electrons. The first-order chi connectivity index (χ1) is 13.3. The van der Waals surface area contributed by atoms with Gasteiger partial charge in [-0.3, -0.25) is 9.59 Å². The van der Waals surface area contributed by atoms with E-state index in [1.54, 1.807) is 38.3 Å². The smallest absolute Gasteiger partial charge is 0.237 e. The van der Waals surface area contributed by atoms with Crippen LogP contribution in [-0.2, 0) is 9.59 Å². The van der Waals surface area contributed by atoms with Crippen LogP contribution < -0.4 is 20.1 Å². The van der Waals surface area contributed by atoms with Crippen LogP contribution in [0.25, 0.3) is 0 Å². The van der Waals surface area contributed by atoms with Crippen LogP contribution in [0, 0.1) is 6.92 Å². The normalized spacial score (nSPS) is 11.5. The van der Waals surface area contributed by atoms with Gasteiger partial charge in [-0.25, -0.2) is 0 Å². The Morgan fingerprint density at radius 2 is 1.75 bits per heavy atom. The molecule has 0 aliphatic carbocycles. The van der Waals surface area contributed by atoms with Crippen LogP contribution in [0.2, 0.25) is 5.02 Å². The van der Waals surface area contributed by atoms with Crippen LogP contribution in [0.1, 0.15) is 12.5 Å². The number of carbonyl (C=O) groups excluding carboxylic acids is 2. The van der Waals surface area contributed by atoms with Gasteiger partial charge in [-0.15, -0.1) is 11.8 Å². The van der Waals surface area contributed by atoms with E-state index in [0.717, 1.165) is 5.56 Å². The number of amides is 2. The quantitative estimate of drug-likeness (QED) is 0.660. The van der Waals surface area contributed by atoms with Crippen LogP contribution in [0.5, 0.6) is 11.5 Å². The molecule has 2 amide bonds. The van der Waals surface area contributed by atoms with Gasteiger partial charge in [0.05, 0.1) is 36.6 Å². The molecular weight excluding hydrogens is 400 g/mol. The van der Waals surface area contributed by atoms with E-state index in [1.807, 2.05) is 19.1 Å². The third-order valence-electron chi connectivity index (χ3n) is 3.95. The number of rotatable bonds is 8. The van der Waals surface area contributed by atoms with E-state index in [1.165, 1.54) is 18.9 Å². The highest BCUT2D eigenvalue weighted by Crippen LogP contribution is 2.31. The van der Waals surface area contributed by atoms with Crippen LogP contribution in [0.3, 0.4) is 0 Å². The van der Waals surface area contributed by atoms with Crippen molar-refractivity contribution in [1.29, 1.82) is 0 Å². The SMILES string of the molecule is COc1cc(Cl)c(C)cc1NC(=O)CSC(C)C(=O)Nc1ccccc1OC. The lowest BCUT2D eigenvalue weighted by Gasteiger charge is -2.15. The monoisotopic (exact) mass is 422 g/mol. The second-order valence-corrected chi connectivity index (χ2v) is 7.73. The first-order valence-electron chi connectivity index (χ1n) is 8.55. The van der Waals surface area contributed by atoms with Crippen LogP contribution >= 0.6 is 23.4 Å². The lowest BCUT2D eigenvalue weighted by Crippen LogP contribution is -2.25. The maximum absolute atomic E-state index is 12.4. The van der Waals surface area contributed by atoms with E-state index in [0.29, 0.717) is 27.9 Å². The predicted molar refractivity (Wildman–Crippen MR) is 115 cm³/mol. The van der Waals surface area contributed by atoms with Crippen molar-refractivity contribution in [2.24, 2.45) is 0 Å². The van der Waals surface area contributed by atoms with E-state index in [2.05, 4.69) is 10.6 Å². The molecule has 0 aromatic heterocycles. The third-order valence-corrected chi connectivity index (χ3v) is 5.50. The molecule has 2 N–H and O–H groups in total. The highest BCUT2D eigenvalue weighted by Gasteiger charge is 2.18. The predicted octanol–water partition coefficient (Wildman–Crippen LogP) is 4.36. The molecule has 0 bridgehead atoms. The summed E-state index contributed by atoms with van der Waals surface area (Å²) in [7, 11) is 3.05. The molecule has 1 atom stereocenters. The number of thioether (sulfide) groups is 1. The Bertz CT molecular complexity index is 860. The zero-order chi connectivity index (χ0) is 20.7. The standard InChI is InChI=1S/C20H23ClN2O4S/c1-12-9-16(18(27-4)10-14(12)21)22-19(24)11-28-13(2)20(25)23-15-7-5-6-8-17(15)26-3/h5-10,13H,11H2,1-4H3,(H,22,24)(H,23,25). The van der Waals surface area contributed by atoms with E-state index in [9.17, 15) is 9.59 Å². The molecule has 0 aliphatic rings. The van der Waals surface area contributed by atoms with Crippen molar-refractivity contribution in [2.45, 2.75) is 19.1 Å². The number of para-hydroxylation sites is 2. The molecule has 0 heterocycles. The number of carbonyl (C=O) groups is 2. The number of anilines is 2. The maximum atomic E-state index is 12.4. The van der Waals surface area contributed by atoms with Crippen LogP contribution in [0.15, 0.2) is 36.4 Å². The van der Waals surface area contributed by atoms with E-state index in [-0.39, 0.29) is 17.6 Å². The van der Waals surface area contributed by atoms with Gasteiger partial charge in [-0.2, -0.15) is 0 Å². The second kappa shape index (κ2) is 10.2. The highest BCUT2D eigenvalue weighted by atomic mass is 35.5. The molecule has 0 fully saturated rings. The first-order valence-corrected chi connectivity index (χ1v) is 9.97. The number of hydrogen-bond acceptors (Lipinski definition) is 5. The van der Waals surface area contributed by atoms with Crippen molar-refractivity contribution in [3.8, 4) is 11.5 Å². The molecule has 2 aromatic rings. The fraction of sp³-hybridized carbons (Fsp3) is 0.300. The van der Waals surface area contributed by atoms with Gasteiger partial charge in [-0.05, 0) is 37.6 Å². The molecule has 28 heavy (non-hydrogen) atoms. The summed E-state index contributed by atoms with van der Waals surface area (Å²) < 4.78 is 10.5. The van der Waals surface area contributed by atoms with Crippen LogP contribution in [-0.4, -0.2) is 37.0 Å².